The monoisotopic (exact) mass is 481 g/mol. The van der Waals surface area contributed by atoms with E-state index in [-0.39, 0.29) is 12.5 Å². The van der Waals surface area contributed by atoms with Crippen LogP contribution in [0.3, 0.4) is 0 Å². The third-order valence-corrected chi connectivity index (χ3v) is 6.37. The second-order valence-corrected chi connectivity index (χ2v) is 9.59. The Labute approximate surface area is 191 Å². The molecule has 1 amide bonds. The number of alkyl halides is 3. The number of hydrogen-bond donors (Lipinski definition) is 1. The van der Waals surface area contributed by atoms with Crippen molar-refractivity contribution in [3.63, 3.8) is 0 Å². The van der Waals surface area contributed by atoms with Crippen molar-refractivity contribution in [2.75, 3.05) is 32.7 Å². The molecule has 1 aliphatic heterocycles. The lowest BCUT2D eigenvalue weighted by Crippen LogP contribution is -2.50. The lowest BCUT2D eigenvalue weighted by Gasteiger charge is -2.34. The van der Waals surface area contributed by atoms with Gasteiger partial charge in [-0.05, 0) is 30.2 Å². The van der Waals surface area contributed by atoms with Crippen LogP contribution < -0.4 is 4.72 Å². The zero-order valence-electron chi connectivity index (χ0n) is 18.2. The third-order valence-electron chi connectivity index (χ3n) is 5.33. The van der Waals surface area contributed by atoms with Crippen molar-refractivity contribution in [2.24, 2.45) is 0 Å². The highest BCUT2D eigenvalue weighted by Crippen LogP contribution is 2.29. The second kappa shape index (κ2) is 10.5. The summed E-state index contributed by atoms with van der Waals surface area (Å²) in [5, 5.41) is 1.03. The molecule has 1 heterocycles. The van der Waals surface area contributed by atoms with E-state index in [0.717, 1.165) is 28.7 Å². The molecule has 6 nitrogen and oxygen atoms in total. The number of nitrogens with one attached hydrogen (secondary N) is 1. The van der Waals surface area contributed by atoms with Gasteiger partial charge >= 0.3 is 6.18 Å². The van der Waals surface area contributed by atoms with Gasteiger partial charge < -0.3 is 4.90 Å². The molecule has 1 aliphatic rings. The topological polar surface area (TPSA) is 69.7 Å². The van der Waals surface area contributed by atoms with Crippen LogP contribution >= 0.6 is 0 Å². The van der Waals surface area contributed by atoms with E-state index in [4.69, 9.17) is 0 Å². The van der Waals surface area contributed by atoms with Crippen molar-refractivity contribution < 1.29 is 26.4 Å². The first kappa shape index (κ1) is 24.9. The quantitative estimate of drug-likeness (QED) is 0.659. The molecule has 1 saturated heterocycles. The number of sulfonamides is 1. The van der Waals surface area contributed by atoms with Crippen LogP contribution in [0.1, 0.15) is 22.3 Å². The summed E-state index contributed by atoms with van der Waals surface area (Å²) in [5.74, 6) is -0.346. The van der Waals surface area contributed by atoms with Crippen LogP contribution in [0.4, 0.5) is 13.2 Å². The smallest absolute Gasteiger partial charge is 0.339 e. The van der Waals surface area contributed by atoms with Crippen molar-refractivity contribution in [1.82, 2.24) is 14.5 Å². The van der Waals surface area contributed by atoms with Crippen LogP contribution in [-0.4, -0.2) is 56.8 Å². The Kier molecular flexibility index (Phi) is 7.93. The van der Waals surface area contributed by atoms with E-state index in [9.17, 15) is 26.4 Å². The molecule has 2 aromatic carbocycles. The number of hydrogen-bond acceptors (Lipinski definition) is 4. The molecule has 2 aromatic rings. The molecule has 0 unspecified atom stereocenters. The molecule has 33 heavy (non-hydrogen) atoms. The summed E-state index contributed by atoms with van der Waals surface area (Å²) in [4.78, 5) is 15.9. The van der Waals surface area contributed by atoms with Crippen molar-refractivity contribution in [3.8, 4) is 0 Å². The minimum Gasteiger partial charge on any atom is -0.339 e. The Morgan fingerprint density at radius 3 is 2.36 bits per heavy atom. The van der Waals surface area contributed by atoms with Gasteiger partial charge in [0.05, 0.1) is 12.1 Å². The first-order valence-corrected chi connectivity index (χ1v) is 12.0. The summed E-state index contributed by atoms with van der Waals surface area (Å²) in [6.07, 6.45) is -2.93. The van der Waals surface area contributed by atoms with Crippen molar-refractivity contribution >= 4 is 22.0 Å². The van der Waals surface area contributed by atoms with E-state index < -0.39 is 21.8 Å². The number of rotatable bonds is 7. The number of aryl methyl sites for hydroxylation is 1. The molecule has 0 spiro atoms. The highest BCUT2D eigenvalue weighted by molar-refractivity contribution is 7.92. The van der Waals surface area contributed by atoms with Crippen molar-refractivity contribution in [3.05, 3.63) is 76.2 Å². The van der Waals surface area contributed by atoms with Crippen LogP contribution in [0, 0.1) is 6.92 Å². The van der Waals surface area contributed by atoms with Gasteiger partial charge in [-0.3, -0.25) is 9.69 Å². The predicted octanol–water partition coefficient (Wildman–Crippen LogP) is 3.25. The predicted molar refractivity (Wildman–Crippen MR) is 120 cm³/mol. The maximum absolute atomic E-state index is 12.9. The summed E-state index contributed by atoms with van der Waals surface area (Å²) in [5.41, 5.74) is 1.66. The Balaban J connectivity index is 1.46. The second-order valence-electron chi connectivity index (χ2n) is 7.93. The molecule has 178 valence electrons. The number of amides is 1. The fourth-order valence-corrected chi connectivity index (χ4v) is 4.18. The Hall–Kier alpha value is -2.69. The van der Waals surface area contributed by atoms with Crippen molar-refractivity contribution in [2.45, 2.75) is 19.6 Å². The fourth-order valence-electron chi connectivity index (χ4n) is 3.43. The lowest BCUT2D eigenvalue weighted by molar-refractivity contribution is -0.137. The highest BCUT2D eigenvalue weighted by Gasteiger charge is 2.30. The minimum absolute atomic E-state index is 0.346. The first-order chi connectivity index (χ1) is 15.5. The zero-order chi connectivity index (χ0) is 24.1. The largest absolute Gasteiger partial charge is 0.416 e. The van der Waals surface area contributed by atoms with Gasteiger partial charge in [0.15, 0.2) is 0 Å². The zero-order valence-corrected chi connectivity index (χ0v) is 19.0. The first-order valence-electron chi connectivity index (χ1n) is 10.4. The molecule has 0 atom stereocenters. The average Bonchev–Trinajstić information content (AvgIpc) is 2.77. The van der Waals surface area contributed by atoms with Gasteiger partial charge in [-0.1, -0.05) is 48.0 Å². The lowest BCUT2D eigenvalue weighted by atomic mass is 10.1. The maximum Gasteiger partial charge on any atom is 0.416 e. The number of carbonyl (C=O) groups excluding carboxylic acids is 1. The molecule has 0 bridgehead atoms. The van der Waals surface area contributed by atoms with E-state index in [1.807, 2.05) is 24.0 Å². The molecule has 1 N–H and O–H groups in total. The van der Waals surface area contributed by atoms with Gasteiger partial charge in [-0.2, -0.15) is 13.2 Å². The number of carbonyl (C=O) groups is 1. The Bertz CT molecular complexity index is 1090. The number of piperazine rings is 1. The molecule has 0 aliphatic carbocycles. The van der Waals surface area contributed by atoms with Gasteiger partial charge in [-0.25, -0.2) is 13.1 Å². The van der Waals surface area contributed by atoms with E-state index in [0.29, 0.717) is 38.3 Å². The molecule has 10 heteroatoms. The number of benzene rings is 2. The normalized spacial score (nSPS) is 15.8. The van der Waals surface area contributed by atoms with Gasteiger partial charge in [0.25, 0.3) is 0 Å². The van der Waals surface area contributed by atoms with Gasteiger partial charge in [0, 0.05) is 38.1 Å². The highest BCUT2D eigenvalue weighted by atomic mass is 32.2. The fraction of sp³-hybridized carbons (Fsp3) is 0.348. The SMILES string of the molecule is Cc1ccc(/C=C/S(=O)(=O)NCC(=O)N2CCN(Cc3cccc(C(F)(F)F)c3)CC2)cc1. The third kappa shape index (κ3) is 7.69. The molecule has 0 saturated carbocycles. The summed E-state index contributed by atoms with van der Waals surface area (Å²) in [6.45, 7) is 3.65. The minimum atomic E-state index is -4.39. The molecular weight excluding hydrogens is 455 g/mol. The molecular formula is C23H26F3N3O3S. The standard InChI is InChI=1S/C23H26F3N3O3S/c1-18-5-7-19(8-6-18)9-14-33(31,32)27-16-22(30)29-12-10-28(11-13-29)17-20-3-2-4-21(15-20)23(24,25)26/h2-9,14-15,27H,10-13,16-17H2,1H3/b14-9+. The molecule has 3 rings (SSSR count). The Morgan fingerprint density at radius 1 is 1.06 bits per heavy atom. The van der Waals surface area contributed by atoms with Crippen LogP contribution in [0.15, 0.2) is 53.9 Å². The van der Waals surface area contributed by atoms with Crippen LogP contribution in [0.5, 0.6) is 0 Å². The van der Waals surface area contributed by atoms with Crippen molar-refractivity contribution in [1.29, 1.82) is 0 Å². The number of halogens is 3. The van der Waals surface area contributed by atoms with E-state index in [1.165, 1.54) is 12.1 Å². The summed E-state index contributed by atoms with van der Waals surface area (Å²) < 4.78 is 65.2. The van der Waals surface area contributed by atoms with E-state index in [1.54, 1.807) is 23.1 Å². The van der Waals surface area contributed by atoms with Crippen LogP contribution in [0.25, 0.3) is 6.08 Å². The van der Waals surface area contributed by atoms with Gasteiger partial charge in [0.1, 0.15) is 0 Å². The van der Waals surface area contributed by atoms with E-state index in [2.05, 4.69) is 4.72 Å². The molecule has 1 fully saturated rings. The Morgan fingerprint density at radius 2 is 1.73 bits per heavy atom. The maximum atomic E-state index is 12.9. The number of nitrogens with zero attached hydrogens (tertiary/aromatic N) is 2. The average molecular weight is 482 g/mol. The summed E-state index contributed by atoms with van der Waals surface area (Å²) >= 11 is 0. The van der Waals surface area contributed by atoms with Gasteiger partial charge in [0.2, 0.25) is 15.9 Å². The van der Waals surface area contributed by atoms with Crippen LogP contribution in [0.2, 0.25) is 0 Å². The van der Waals surface area contributed by atoms with Crippen LogP contribution in [-0.2, 0) is 27.5 Å². The van der Waals surface area contributed by atoms with Gasteiger partial charge in [-0.15, -0.1) is 0 Å². The summed E-state index contributed by atoms with van der Waals surface area (Å²) in [6, 6.07) is 12.5. The molecule has 0 radical (unpaired) electrons. The molecule has 0 aromatic heterocycles. The van der Waals surface area contributed by atoms with E-state index >= 15 is 0 Å². The summed E-state index contributed by atoms with van der Waals surface area (Å²) in [7, 11) is -3.77.